The van der Waals surface area contributed by atoms with Crippen LogP contribution >= 0.6 is 0 Å². The molecule has 1 aromatic carbocycles. The molecule has 2 atom stereocenters. The van der Waals surface area contributed by atoms with Crippen LogP contribution in [0.1, 0.15) is 37.1 Å². The normalized spacial score (nSPS) is 17.4. The number of ether oxygens (including phenoxy) is 2. The van der Waals surface area contributed by atoms with E-state index in [9.17, 15) is 0 Å². The highest BCUT2D eigenvalue weighted by Crippen LogP contribution is 2.27. The topological polar surface area (TPSA) is 80.1 Å². The van der Waals surface area contributed by atoms with Gasteiger partial charge in [0, 0.05) is 13.2 Å². The van der Waals surface area contributed by atoms with Crippen molar-refractivity contribution in [3.8, 4) is 6.07 Å². The Labute approximate surface area is 147 Å². The fraction of sp³-hybridized carbons (Fsp3) is 0.421. The molecular weight excluding hydrogens is 316 g/mol. The minimum absolute atomic E-state index is 0.00696. The fourth-order valence-electron chi connectivity index (χ4n) is 2.93. The Bertz CT molecular complexity index is 694. The van der Waals surface area contributed by atoms with E-state index in [2.05, 4.69) is 34.6 Å². The van der Waals surface area contributed by atoms with Crippen LogP contribution in [0.5, 0.6) is 0 Å². The van der Waals surface area contributed by atoms with Gasteiger partial charge in [-0.05, 0) is 37.5 Å². The number of benzene rings is 1. The molecule has 2 unspecified atom stereocenters. The molecule has 1 N–H and O–H groups in total. The van der Waals surface area contributed by atoms with Gasteiger partial charge in [0.1, 0.15) is 18.0 Å². The summed E-state index contributed by atoms with van der Waals surface area (Å²) in [6.07, 6.45) is 1.90. The Morgan fingerprint density at radius 3 is 2.56 bits per heavy atom. The molecular formula is C19H22N4O2. The van der Waals surface area contributed by atoms with Crippen LogP contribution in [0.25, 0.3) is 0 Å². The summed E-state index contributed by atoms with van der Waals surface area (Å²) in [5.74, 6) is 0.628. The zero-order chi connectivity index (χ0) is 17.5. The van der Waals surface area contributed by atoms with Crippen molar-refractivity contribution < 1.29 is 9.47 Å². The van der Waals surface area contributed by atoms with Crippen LogP contribution in [0.2, 0.25) is 0 Å². The molecule has 0 bridgehead atoms. The van der Waals surface area contributed by atoms with Gasteiger partial charge in [0.25, 0.3) is 0 Å². The monoisotopic (exact) mass is 338 g/mol. The van der Waals surface area contributed by atoms with E-state index >= 15 is 0 Å². The van der Waals surface area contributed by atoms with E-state index in [1.807, 2.05) is 24.3 Å². The molecule has 2 aromatic rings. The molecule has 0 saturated carbocycles. The van der Waals surface area contributed by atoms with Crippen molar-refractivity contribution >= 4 is 5.82 Å². The summed E-state index contributed by atoms with van der Waals surface area (Å²) >= 11 is 0. The van der Waals surface area contributed by atoms with E-state index in [-0.39, 0.29) is 18.2 Å². The van der Waals surface area contributed by atoms with E-state index in [1.54, 1.807) is 12.1 Å². The SMILES string of the molecule is CC(Nc1ccc(C#N)nn1)C(OC1CCOCC1)c1ccccc1. The molecule has 130 valence electrons. The molecule has 2 heterocycles. The lowest BCUT2D eigenvalue weighted by atomic mass is 10.0. The Morgan fingerprint density at radius 2 is 1.92 bits per heavy atom. The van der Waals surface area contributed by atoms with Crippen LogP contribution < -0.4 is 5.32 Å². The van der Waals surface area contributed by atoms with Crippen LogP contribution in [0, 0.1) is 11.3 Å². The molecule has 0 amide bonds. The predicted octanol–water partition coefficient (Wildman–Crippen LogP) is 3.09. The molecule has 25 heavy (non-hydrogen) atoms. The number of nitrogens with zero attached hydrogens (tertiary/aromatic N) is 3. The van der Waals surface area contributed by atoms with Gasteiger partial charge in [-0.1, -0.05) is 30.3 Å². The van der Waals surface area contributed by atoms with Gasteiger partial charge in [-0.3, -0.25) is 0 Å². The third kappa shape index (κ3) is 4.75. The molecule has 1 aliphatic rings. The van der Waals surface area contributed by atoms with Crippen molar-refractivity contribution in [1.29, 1.82) is 5.26 Å². The maximum atomic E-state index is 8.83. The number of anilines is 1. The summed E-state index contributed by atoms with van der Waals surface area (Å²) in [6.45, 7) is 3.56. The highest BCUT2D eigenvalue weighted by atomic mass is 16.5. The average Bonchev–Trinajstić information content (AvgIpc) is 2.68. The Hall–Kier alpha value is -2.49. The number of rotatable bonds is 6. The number of nitrogens with one attached hydrogen (secondary N) is 1. The Kier molecular flexibility index (Phi) is 5.94. The summed E-state index contributed by atoms with van der Waals surface area (Å²) in [5, 5.41) is 20.1. The predicted molar refractivity (Wildman–Crippen MR) is 93.9 cm³/mol. The minimum atomic E-state index is -0.109. The standard InChI is InChI=1S/C19H22N4O2/c1-14(21-18-8-7-16(13-20)22-23-18)19(15-5-3-2-4-6-15)25-17-9-11-24-12-10-17/h2-8,14,17,19H,9-12H2,1H3,(H,21,23). The first-order valence-electron chi connectivity index (χ1n) is 8.55. The zero-order valence-corrected chi connectivity index (χ0v) is 14.3. The van der Waals surface area contributed by atoms with E-state index in [0.29, 0.717) is 11.5 Å². The van der Waals surface area contributed by atoms with Crippen LogP contribution in [0.15, 0.2) is 42.5 Å². The van der Waals surface area contributed by atoms with Crippen molar-refractivity contribution in [3.63, 3.8) is 0 Å². The second-order valence-electron chi connectivity index (χ2n) is 6.13. The number of nitriles is 1. The molecule has 0 spiro atoms. The quantitative estimate of drug-likeness (QED) is 0.872. The van der Waals surface area contributed by atoms with Crippen molar-refractivity contribution in [3.05, 3.63) is 53.7 Å². The van der Waals surface area contributed by atoms with Crippen LogP contribution in [-0.2, 0) is 9.47 Å². The summed E-state index contributed by atoms with van der Waals surface area (Å²) < 4.78 is 11.8. The molecule has 1 aromatic heterocycles. The smallest absolute Gasteiger partial charge is 0.163 e. The fourth-order valence-corrected chi connectivity index (χ4v) is 2.93. The molecule has 3 rings (SSSR count). The lowest BCUT2D eigenvalue weighted by Crippen LogP contribution is -2.32. The van der Waals surface area contributed by atoms with Crippen LogP contribution in [0.3, 0.4) is 0 Å². The van der Waals surface area contributed by atoms with E-state index < -0.39 is 0 Å². The van der Waals surface area contributed by atoms with Crippen molar-refractivity contribution in [2.24, 2.45) is 0 Å². The van der Waals surface area contributed by atoms with Gasteiger partial charge in [0.15, 0.2) is 5.69 Å². The molecule has 1 fully saturated rings. The summed E-state index contributed by atoms with van der Waals surface area (Å²) in [7, 11) is 0. The van der Waals surface area contributed by atoms with Gasteiger partial charge in [-0.25, -0.2) is 0 Å². The maximum Gasteiger partial charge on any atom is 0.163 e. The largest absolute Gasteiger partial charge is 0.381 e. The Morgan fingerprint density at radius 1 is 1.16 bits per heavy atom. The van der Waals surface area contributed by atoms with Gasteiger partial charge in [-0.15, -0.1) is 10.2 Å². The lowest BCUT2D eigenvalue weighted by molar-refractivity contribution is -0.0739. The number of hydrogen-bond acceptors (Lipinski definition) is 6. The molecule has 0 radical (unpaired) electrons. The number of hydrogen-bond donors (Lipinski definition) is 1. The molecule has 0 aliphatic carbocycles. The van der Waals surface area contributed by atoms with Gasteiger partial charge in [0.2, 0.25) is 0 Å². The van der Waals surface area contributed by atoms with Crippen molar-refractivity contribution in [1.82, 2.24) is 10.2 Å². The van der Waals surface area contributed by atoms with Gasteiger partial charge in [-0.2, -0.15) is 5.26 Å². The number of aromatic nitrogens is 2. The highest BCUT2D eigenvalue weighted by molar-refractivity contribution is 5.37. The van der Waals surface area contributed by atoms with Crippen molar-refractivity contribution in [2.45, 2.75) is 38.0 Å². The molecule has 1 saturated heterocycles. The lowest BCUT2D eigenvalue weighted by Gasteiger charge is -2.32. The summed E-state index contributed by atoms with van der Waals surface area (Å²) in [6, 6.07) is 15.6. The highest BCUT2D eigenvalue weighted by Gasteiger charge is 2.25. The first-order chi connectivity index (χ1) is 12.3. The third-order valence-electron chi connectivity index (χ3n) is 4.24. The van der Waals surface area contributed by atoms with Crippen molar-refractivity contribution in [2.75, 3.05) is 18.5 Å². The maximum absolute atomic E-state index is 8.83. The van der Waals surface area contributed by atoms with Crippen LogP contribution in [0.4, 0.5) is 5.82 Å². The second-order valence-corrected chi connectivity index (χ2v) is 6.13. The Balaban J connectivity index is 1.73. The molecule has 6 nitrogen and oxygen atoms in total. The zero-order valence-electron chi connectivity index (χ0n) is 14.3. The van der Waals surface area contributed by atoms with E-state index in [1.165, 1.54) is 0 Å². The first kappa shape index (κ1) is 17.3. The molecule has 1 aliphatic heterocycles. The first-order valence-corrected chi connectivity index (χ1v) is 8.55. The third-order valence-corrected chi connectivity index (χ3v) is 4.24. The van der Waals surface area contributed by atoms with Gasteiger partial charge < -0.3 is 14.8 Å². The van der Waals surface area contributed by atoms with Crippen LogP contribution in [-0.4, -0.2) is 35.6 Å². The average molecular weight is 338 g/mol. The minimum Gasteiger partial charge on any atom is -0.381 e. The van der Waals surface area contributed by atoms with Gasteiger partial charge in [0.05, 0.1) is 12.1 Å². The molecule has 6 heteroatoms. The van der Waals surface area contributed by atoms with E-state index in [0.717, 1.165) is 31.6 Å². The second kappa shape index (κ2) is 8.56. The summed E-state index contributed by atoms with van der Waals surface area (Å²) in [5.41, 5.74) is 1.42. The van der Waals surface area contributed by atoms with E-state index in [4.69, 9.17) is 14.7 Å². The summed E-state index contributed by atoms with van der Waals surface area (Å²) in [4.78, 5) is 0. The van der Waals surface area contributed by atoms with Gasteiger partial charge >= 0.3 is 0 Å².